The summed E-state index contributed by atoms with van der Waals surface area (Å²) in [5.41, 5.74) is 0.432. The maximum Gasteiger partial charge on any atom is 0.343 e. The Labute approximate surface area is 274 Å². The van der Waals surface area contributed by atoms with E-state index in [1.54, 1.807) is 0 Å². The molecular formula is C31H62N6O4P2S. The first-order valence-corrected chi connectivity index (χ1v) is 20.3. The van der Waals surface area contributed by atoms with Gasteiger partial charge in [-0.2, -0.15) is 0 Å². The van der Waals surface area contributed by atoms with E-state index < -0.39 is 25.6 Å². The first kappa shape index (κ1) is 41.1. The fourth-order valence-corrected chi connectivity index (χ4v) is 18.2. The number of rotatable bonds is 15. The zero-order chi connectivity index (χ0) is 34.6. The molecule has 13 heteroatoms. The summed E-state index contributed by atoms with van der Waals surface area (Å²) in [5.74, 6) is -1.27. The average Bonchev–Trinajstić information content (AvgIpc) is 2.85. The molecule has 0 saturated heterocycles. The van der Waals surface area contributed by atoms with E-state index in [1.165, 1.54) is 14.2 Å². The molecule has 1 aliphatic rings. The van der Waals surface area contributed by atoms with Crippen LogP contribution in [0.4, 0.5) is 0 Å². The van der Waals surface area contributed by atoms with Crippen LogP contribution in [-0.2, 0) is 30.9 Å². The minimum absolute atomic E-state index is 0.0103. The minimum atomic E-state index is -3.26. The van der Waals surface area contributed by atoms with Crippen molar-refractivity contribution in [3.63, 3.8) is 0 Å². The van der Waals surface area contributed by atoms with Crippen LogP contribution in [0.25, 0.3) is 0 Å². The van der Waals surface area contributed by atoms with E-state index in [9.17, 15) is 9.59 Å². The highest BCUT2D eigenvalue weighted by Crippen LogP contribution is 2.71. The van der Waals surface area contributed by atoms with Gasteiger partial charge in [0, 0.05) is 48.3 Å². The number of hydrogen-bond acceptors (Lipinski definition) is 9. The maximum atomic E-state index is 14.4. The molecule has 0 atom stereocenters. The number of nitrogens with zero attached hydrogens (tertiary/aromatic N) is 6. The van der Waals surface area contributed by atoms with Gasteiger partial charge in [0.1, 0.15) is 22.7 Å². The Bertz CT molecular complexity index is 1110. The summed E-state index contributed by atoms with van der Waals surface area (Å²) in [6, 6.07) is -0.140. The SMILES string of the molecule is COC(=O)C1=C(C(=O)OC)P(N(C(C)C)C(C)C)(N(C(C)C)C(C)C)=NN=C1P(=S)(N(C(C)C)C(C)C)N(C(C)C)C(C)C. The molecule has 0 bridgehead atoms. The zero-order valence-electron chi connectivity index (χ0n) is 30.7. The van der Waals surface area contributed by atoms with E-state index in [4.69, 9.17) is 31.2 Å². The standard InChI is InChI=1S/C31H62N6O4P2S/c1-19(2)34(20(3)4)42(35(21(5)6)22(7)8)28(31(39)41-18)27(30(38)40-17)29(32-33-42)43(44,36(23(9)10)24(11)12)37(25(13)14)26(15)16/h19-26H,1-18H3. The fraction of sp³-hybridized carbons (Fsp3) is 0.839. The van der Waals surface area contributed by atoms with Crippen molar-refractivity contribution in [3.05, 3.63) is 10.9 Å². The highest BCUT2D eigenvalue weighted by Gasteiger charge is 2.55. The Morgan fingerprint density at radius 3 is 1.18 bits per heavy atom. The maximum absolute atomic E-state index is 14.4. The van der Waals surface area contributed by atoms with Gasteiger partial charge in [-0.1, -0.05) is 11.8 Å². The van der Waals surface area contributed by atoms with Crippen LogP contribution in [0.2, 0.25) is 0 Å². The van der Waals surface area contributed by atoms with Crippen LogP contribution in [0.15, 0.2) is 20.8 Å². The van der Waals surface area contributed by atoms with E-state index in [-0.39, 0.29) is 59.2 Å². The number of ether oxygens (including phenoxy) is 2. The molecule has 0 aromatic heterocycles. The monoisotopic (exact) mass is 676 g/mol. The number of methoxy groups -OCH3 is 2. The quantitative estimate of drug-likeness (QED) is 0.128. The van der Waals surface area contributed by atoms with E-state index in [1.807, 2.05) is 0 Å². The summed E-state index contributed by atoms with van der Waals surface area (Å²) in [6.45, 7) is 33.6. The van der Waals surface area contributed by atoms with Gasteiger partial charge in [0.25, 0.3) is 0 Å². The van der Waals surface area contributed by atoms with Gasteiger partial charge in [0.2, 0.25) is 0 Å². The minimum Gasteiger partial charge on any atom is -0.465 e. The van der Waals surface area contributed by atoms with Gasteiger partial charge in [0.05, 0.1) is 14.2 Å². The molecule has 0 unspecified atom stereocenters. The summed E-state index contributed by atoms with van der Waals surface area (Å²) < 4.78 is 20.2. The second-order valence-corrected chi connectivity index (χ2v) is 20.3. The highest BCUT2D eigenvalue weighted by atomic mass is 32.4. The fourth-order valence-electron chi connectivity index (χ4n) is 6.98. The number of carbonyl (C=O) groups excluding carboxylic acids is 2. The predicted octanol–water partition coefficient (Wildman–Crippen LogP) is 7.73. The Morgan fingerprint density at radius 2 is 0.932 bits per heavy atom. The first-order valence-electron chi connectivity index (χ1n) is 16.0. The van der Waals surface area contributed by atoms with Crippen LogP contribution in [-0.4, -0.2) is 98.6 Å². The number of carbonyl (C=O) groups is 2. The molecule has 1 heterocycles. The van der Waals surface area contributed by atoms with Crippen LogP contribution in [0.1, 0.15) is 111 Å². The lowest BCUT2D eigenvalue weighted by Gasteiger charge is -2.53. The van der Waals surface area contributed by atoms with Gasteiger partial charge in [-0.3, -0.25) is 9.34 Å². The molecule has 0 aromatic rings. The van der Waals surface area contributed by atoms with Gasteiger partial charge in [0.15, 0.2) is 7.36 Å². The molecule has 10 nitrogen and oxygen atoms in total. The van der Waals surface area contributed by atoms with Crippen LogP contribution in [0.3, 0.4) is 0 Å². The van der Waals surface area contributed by atoms with Crippen molar-refractivity contribution >= 4 is 42.9 Å². The Morgan fingerprint density at radius 1 is 0.614 bits per heavy atom. The molecular weight excluding hydrogens is 614 g/mol. The number of esters is 2. The van der Waals surface area contributed by atoms with Crippen molar-refractivity contribution in [1.82, 2.24) is 18.7 Å². The average molecular weight is 677 g/mol. The third-order valence-electron chi connectivity index (χ3n) is 7.57. The molecule has 0 aliphatic carbocycles. The van der Waals surface area contributed by atoms with Crippen molar-refractivity contribution in [2.24, 2.45) is 9.96 Å². The van der Waals surface area contributed by atoms with Crippen molar-refractivity contribution < 1.29 is 19.1 Å². The van der Waals surface area contributed by atoms with Crippen LogP contribution in [0.5, 0.6) is 0 Å². The summed E-state index contributed by atoms with van der Waals surface area (Å²) in [4.78, 5) is 34.0. The Kier molecular flexibility index (Phi) is 15.2. The summed E-state index contributed by atoms with van der Waals surface area (Å²) in [6.07, 6.45) is -3.09. The number of hydrogen-bond donors (Lipinski definition) is 0. The summed E-state index contributed by atoms with van der Waals surface area (Å²) in [7, 11) is -0.564. The second kappa shape index (κ2) is 16.3. The molecule has 0 aromatic carbocycles. The molecule has 0 fully saturated rings. The van der Waals surface area contributed by atoms with Gasteiger partial charge >= 0.3 is 11.9 Å². The van der Waals surface area contributed by atoms with Crippen LogP contribution in [0, 0.1) is 0 Å². The van der Waals surface area contributed by atoms with Crippen molar-refractivity contribution in [3.8, 4) is 0 Å². The van der Waals surface area contributed by atoms with Crippen LogP contribution < -0.4 is 0 Å². The molecule has 256 valence electrons. The lowest BCUT2D eigenvalue weighted by atomic mass is 10.2. The molecule has 44 heavy (non-hydrogen) atoms. The molecule has 0 amide bonds. The Balaban J connectivity index is 4.95. The van der Waals surface area contributed by atoms with E-state index >= 15 is 0 Å². The van der Waals surface area contributed by atoms with Gasteiger partial charge in [-0.15, -0.1) is 9.96 Å². The summed E-state index contributed by atoms with van der Waals surface area (Å²) >= 11 is 6.87. The topological polar surface area (TPSA) is 90.3 Å². The van der Waals surface area contributed by atoms with Crippen LogP contribution >= 0.6 is 13.7 Å². The normalized spacial score (nSPS) is 16.4. The second-order valence-electron chi connectivity index (χ2n) is 13.6. The lowest BCUT2D eigenvalue weighted by molar-refractivity contribution is -0.138. The van der Waals surface area contributed by atoms with E-state index in [0.29, 0.717) is 5.45 Å². The molecule has 0 N–H and O–H groups in total. The lowest BCUT2D eigenvalue weighted by Crippen LogP contribution is -2.50. The molecule has 0 radical (unpaired) electrons. The molecule has 0 saturated carbocycles. The van der Waals surface area contributed by atoms with E-state index in [0.717, 1.165) is 0 Å². The Hall–Kier alpha value is -0.930. The van der Waals surface area contributed by atoms with Gasteiger partial charge in [-0.25, -0.2) is 18.9 Å². The van der Waals surface area contributed by atoms with Crippen molar-refractivity contribution in [1.29, 1.82) is 0 Å². The third-order valence-corrected chi connectivity index (χ3v) is 17.7. The molecule has 0 spiro atoms. The highest BCUT2D eigenvalue weighted by molar-refractivity contribution is 8.20. The smallest absolute Gasteiger partial charge is 0.343 e. The van der Waals surface area contributed by atoms with E-state index in [2.05, 4.69) is 129 Å². The van der Waals surface area contributed by atoms with Crippen molar-refractivity contribution in [2.75, 3.05) is 14.2 Å². The van der Waals surface area contributed by atoms with Gasteiger partial charge < -0.3 is 9.47 Å². The third kappa shape index (κ3) is 7.61. The van der Waals surface area contributed by atoms with Crippen molar-refractivity contribution in [2.45, 2.75) is 159 Å². The summed E-state index contributed by atoms with van der Waals surface area (Å²) in [5, 5.41) is 5.32. The molecule has 1 aliphatic heterocycles. The molecule has 1 rings (SSSR count). The predicted molar refractivity (Wildman–Crippen MR) is 191 cm³/mol. The first-order chi connectivity index (χ1) is 20.1. The largest absolute Gasteiger partial charge is 0.465 e. The zero-order valence-corrected chi connectivity index (χ0v) is 33.3. The van der Waals surface area contributed by atoms with Gasteiger partial charge in [-0.05, 0) is 111 Å².